The molecule has 1 rings (SSSR count). The molecule has 0 aromatic heterocycles. The van der Waals surface area contributed by atoms with Crippen molar-refractivity contribution in [3.8, 4) is 0 Å². The number of nitrogens with zero attached hydrogens (tertiary/aromatic N) is 1. The summed E-state index contributed by atoms with van der Waals surface area (Å²) in [6.07, 6.45) is 0.343. The number of ether oxygens (including phenoxy) is 2. The first kappa shape index (κ1) is 14.4. The van der Waals surface area contributed by atoms with E-state index in [-0.39, 0.29) is 0 Å². The zero-order valence-corrected chi connectivity index (χ0v) is 10.8. The van der Waals surface area contributed by atoms with Gasteiger partial charge < -0.3 is 9.47 Å². The SMILES string of the molecule is CCC(NS(=O)(=O)N1CCOCC1)C(=O)OC. The predicted molar refractivity (Wildman–Crippen MR) is 60.5 cm³/mol. The molecule has 1 heterocycles. The first-order chi connectivity index (χ1) is 8.01. The molecule has 1 N–H and O–H groups in total. The third-order valence-electron chi connectivity index (χ3n) is 2.50. The lowest BCUT2D eigenvalue weighted by Crippen LogP contribution is -2.51. The smallest absolute Gasteiger partial charge is 0.323 e. The van der Waals surface area contributed by atoms with Gasteiger partial charge in [-0.25, -0.2) is 0 Å². The van der Waals surface area contributed by atoms with Crippen LogP contribution in [0.1, 0.15) is 13.3 Å². The Kier molecular flexibility index (Phi) is 5.31. The summed E-state index contributed by atoms with van der Waals surface area (Å²) >= 11 is 0. The number of hydrogen-bond donors (Lipinski definition) is 1. The van der Waals surface area contributed by atoms with Crippen LogP contribution in [0.2, 0.25) is 0 Å². The Morgan fingerprint density at radius 1 is 1.47 bits per heavy atom. The molecule has 1 saturated heterocycles. The van der Waals surface area contributed by atoms with Crippen LogP contribution >= 0.6 is 0 Å². The minimum atomic E-state index is -3.65. The van der Waals surface area contributed by atoms with Crippen LogP contribution in [-0.4, -0.2) is 58.1 Å². The van der Waals surface area contributed by atoms with Gasteiger partial charge in [0.05, 0.1) is 20.3 Å². The van der Waals surface area contributed by atoms with Gasteiger partial charge in [0.15, 0.2) is 0 Å². The van der Waals surface area contributed by atoms with Gasteiger partial charge >= 0.3 is 5.97 Å². The van der Waals surface area contributed by atoms with Gasteiger partial charge in [-0.2, -0.15) is 17.4 Å². The predicted octanol–water partition coefficient (Wildman–Crippen LogP) is -0.895. The number of rotatable bonds is 5. The third-order valence-corrected chi connectivity index (χ3v) is 4.12. The lowest BCUT2D eigenvalue weighted by Gasteiger charge is -2.27. The number of esters is 1. The molecule has 8 heteroatoms. The van der Waals surface area contributed by atoms with Gasteiger partial charge in [-0.3, -0.25) is 4.79 Å². The van der Waals surface area contributed by atoms with Crippen LogP contribution in [0.15, 0.2) is 0 Å². The molecule has 17 heavy (non-hydrogen) atoms. The Bertz CT molecular complexity index is 350. The maximum Gasteiger partial charge on any atom is 0.323 e. The zero-order chi connectivity index (χ0) is 12.9. The number of nitrogens with one attached hydrogen (secondary N) is 1. The third kappa shape index (κ3) is 3.91. The molecule has 1 aliphatic rings. The van der Waals surface area contributed by atoms with Crippen molar-refractivity contribution < 1.29 is 22.7 Å². The van der Waals surface area contributed by atoms with Gasteiger partial charge in [0.1, 0.15) is 6.04 Å². The molecule has 0 saturated carbocycles. The van der Waals surface area contributed by atoms with E-state index in [2.05, 4.69) is 9.46 Å². The first-order valence-electron chi connectivity index (χ1n) is 5.44. The monoisotopic (exact) mass is 266 g/mol. The van der Waals surface area contributed by atoms with Crippen LogP contribution in [0.4, 0.5) is 0 Å². The summed E-state index contributed by atoms with van der Waals surface area (Å²) in [5.41, 5.74) is 0. The summed E-state index contributed by atoms with van der Waals surface area (Å²) in [6.45, 7) is 3.05. The minimum absolute atomic E-state index is 0.299. The Labute approximate surface area is 101 Å². The normalized spacial score (nSPS) is 19.9. The van der Waals surface area contributed by atoms with Gasteiger partial charge in [0.2, 0.25) is 0 Å². The molecular weight excluding hydrogens is 248 g/mol. The number of carbonyl (C=O) groups is 1. The standard InChI is InChI=1S/C9H18N2O5S/c1-3-8(9(12)15-2)10-17(13,14)11-4-6-16-7-5-11/h8,10H,3-7H2,1-2H3. The second-order valence-electron chi connectivity index (χ2n) is 3.62. The van der Waals surface area contributed by atoms with Crippen molar-refractivity contribution in [3.63, 3.8) is 0 Å². The number of morpholine rings is 1. The average Bonchev–Trinajstić information content (AvgIpc) is 2.36. The fourth-order valence-corrected chi connectivity index (χ4v) is 2.88. The second kappa shape index (κ2) is 6.29. The Morgan fingerprint density at radius 2 is 2.06 bits per heavy atom. The molecule has 1 aliphatic heterocycles. The Morgan fingerprint density at radius 3 is 2.53 bits per heavy atom. The first-order valence-corrected chi connectivity index (χ1v) is 6.88. The van der Waals surface area contributed by atoms with E-state index in [1.807, 2.05) is 0 Å². The van der Waals surface area contributed by atoms with E-state index in [9.17, 15) is 13.2 Å². The number of methoxy groups -OCH3 is 1. The van der Waals surface area contributed by atoms with E-state index in [1.165, 1.54) is 11.4 Å². The molecule has 0 aromatic carbocycles. The van der Waals surface area contributed by atoms with E-state index in [0.717, 1.165) is 0 Å². The summed E-state index contributed by atoms with van der Waals surface area (Å²) in [4.78, 5) is 11.3. The summed E-state index contributed by atoms with van der Waals surface area (Å²) in [5.74, 6) is -0.579. The van der Waals surface area contributed by atoms with Gasteiger partial charge in [-0.1, -0.05) is 6.92 Å². The molecule has 0 spiro atoms. The maximum absolute atomic E-state index is 11.9. The fraction of sp³-hybridized carbons (Fsp3) is 0.889. The summed E-state index contributed by atoms with van der Waals surface area (Å²) in [5, 5.41) is 0. The van der Waals surface area contributed by atoms with Crippen molar-refractivity contribution in [3.05, 3.63) is 0 Å². The molecule has 1 fully saturated rings. The van der Waals surface area contributed by atoms with E-state index in [1.54, 1.807) is 6.92 Å². The molecule has 0 bridgehead atoms. The van der Waals surface area contributed by atoms with Crippen molar-refractivity contribution in [1.29, 1.82) is 0 Å². The van der Waals surface area contributed by atoms with Gasteiger partial charge in [-0.15, -0.1) is 0 Å². The highest BCUT2D eigenvalue weighted by molar-refractivity contribution is 7.87. The number of hydrogen-bond acceptors (Lipinski definition) is 5. The van der Waals surface area contributed by atoms with Gasteiger partial charge in [0.25, 0.3) is 10.2 Å². The zero-order valence-electron chi connectivity index (χ0n) is 10.0. The second-order valence-corrected chi connectivity index (χ2v) is 5.32. The highest BCUT2D eigenvalue weighted by Gasteiger charge is 2.29. The quantitative estimate of drug-likeness (QED) is 0.652. The molecule has 0 amide bonds. The minimum Gasteiger partial charge on any atom is -0.468 e. The van der Waals surface area contributed by atoms with E-state index >= 15 is 0 Å². The topological polar surface area (TPSA) is 84.9 Å². The molecule has 1 atom stereocenters. The molecule has 100 valence electrons. The van der Waals surface area contributed by atoms with Crippen molar-refractivity contribution in [2.24, 2.45) is 0 Å². The van der Waals surface area contributed by atoms with E-state index in [4.69, 9.17) is 4.74 Å². The highest BCUT2D eigenvalue weighted by Crippen LogP contribution is 2.05. The fourth-order valence-electron chi connectivity index (χ4n) is 1.48. The van der Waals surface area contributed by atoms with Crippen LogP contribution in [0.5, 0.6) is 0 Å². The van der Waals surface area contributed by atoms with E-state index in [0.29, 0.717) is 32.7 Å². The maximum atomic E-state index is 11.9. The van der Waals surface area contributed by atoms with Crippen molar-refractivity contribution in [2.45, 2.75) is 19.4 Å². The Balaban J connectivity index is 2.66. The van der Waals surface area contributed by atoms with Crippen molar-refractivity contribution >= 4 is 16.2 Å². The molecule has 0 aliphatic carbocycles. The summed E-state index contributed by atoms with van der Waals surface area (Å²) in [7, 11) is -2.42. The Hall–Kier alpha value is -0.700. The number of carbonyl (C=O) groups excluding carboxylic acids is 1. The molecule has 1 unspecified atom stereocenters. The van der Waals surface area contributed by atoms with Crippen molar-refractivity contribution in [1.82, 2.24) is 9.03 Å². The molecule has 0 aromatic rings. The molecular formula is C9H18N2O5S. The van der Waals surface area contributed by atoms with Crippen LogP contribution < -0.4 is 4.72 Å². The van der Waals surface area contributed by atoms with Crippen LogP contribution in [0.3, 0.4) is 0 Å². The summed E-state index contributed by atoms with van der Waals surface area (Å²) < 4.78 is 37.0. The van der Waals surface area contributed by atoms with Crippen LogP contribution in [0.25, 0.3) is 0 Å². The van der Waals surface area contributed by atoms with Crippen LogP contribution in [0, 0.1) is 0 Å². The highest BCUT2D eigenvalue weighted by atomic mass is 32.2. The van der Waals surface area contributed by atoms with Crippen molar-refractivity contribution in [2.75, 3.05) is 33.4 Å². The summed E-state index contributed by atoms with van der Waals surface area (Å²) in [6, 6.07) is -0.840. The van der Waals surface area contributed by atoms with Crippen LogP contribution in [-0.2, 0) is 24.5 Å². The average molecular weight is 266 g/mol. The van der Waals surface area contributed by atoms with Gasteiger partial charge in [-0.05, 0) is 6.42 Å². The molecule has 0 radical (unpaired) electrons. The lowest BCUT2D eigenvalue weighted by atomic mass is 10.2. The van der Waals surface area contributed by atoms with E-state index < -0.39 is 22.2 Å². The molecule has 7 nitrogen and oxygen atoms in total. The largest absolute Gasteiger partial charge is 0.468 e. The van der Waals surface area contributed by atoms with Gasteiger partial charge in [0, 0.05) is 13.1 Å². The lowest BCUT2D eigenvalue weighted by molar-refractivity contribution is -0.142.